The van der Waals surface area contributed by atoms with Gasteiger partial charge in [0.2, 0.25) is 0 Å². The standard InChI is InChI=1S/C30H37F4N3O3/c1-39-25-11-8-19(16-26(25)40-2)29-13-12-21(18-27(29)37(15-14-29)22-6-4-3-5-7-22)36-28(38)35-20-9-10-24(31)23(17-20)30(32,33)34/h8-11,16-17,21-22,27H,3-7,12-15,18H2,1-2H3,(H2,35,36,38). The van der Waals surface area contributed by atoms with E-state index in [4.69, 9.17) is 9.47 Å². The summed E-state index contributed by atoms with van der Waals surface area (Å²) in [6, 6.07) is 8.62. The van der Waals surface area contributed by atoms with Gasteiger partial charge in [-0.15, -0.1) is 0 Å². The second kappa shape index (κ2) is 11.5. The van der Waals surface area contributed by atoms with Gasteiger partial charge in [-0.05, 0) is 81.0 Å². The number of hydrogen-bond donors (Lipinski definition) is 2. The number of halogens is 4. The first kappa shape index (κ1) is 28.5. The van der Waals surface area contributed by atoms with E-state index in [-0.39, 0.29) is 23.2 Å². The molecule has 40 heavy (non-hydrogen) atoms. The van der Waals surface area contributed by atoms with Crippen LogP contribution >= 0.6 is 0 Å². The summed E-state index contributed by atoms with van der Waals surface area (Å²) >= 11 is 0. The number of benzene rings is 2. The number of rotatable bonds is 6. The zero-order valence-corrected chi connectivity index (χ0v) is 23.0. The van der Waals surface area contributed by atoms with Crippen molar-refractivity contribution in [3.63, 3.8) is 0 Å². The number of hydrogen-bond acceptors (Lipinski definition) is 4. The Morgan fingerprint density at radius 3 is 2.42 bits per heavy atom. The summed E-state index contributed by atoms with van der Waals surface area (Å²) in [6.45, 7) is 0.985. The second-order valence-corrected chi connectivity index (χ2v) is 11.3. The molecule has 0 bridgehead atoms. The molecule has 3 unspecified atom stereocenters. The molecule has 2 aromatic carbocycles. The number of methoxy groups -OCH3 is 2. The van der Waals surface area contributed by atoms with Crippen LogP contribution in [0.4, 0.5) is 28.0 Å². The van der Waals surface area contributed by atoms with Crippen LogP contribution in [0.5, 0.6) is 11.5 Å². The molecule has 3 fully saturated rings. The molecule has 1 saturated heterocycles. The highest BCUT2D eigenvalue weighted by atomic mass is 19.4. The molecule has 0 radical (unpaired) electrons. The van der Waals surface area contributed by atoms with Crippen LogP contribution in [-0.4, -0.2) is 49.8 Å². The number of nitrogens with one attached hydrogen (secondary N) is 2. The fraction of sp³-hybridized carbons (Fsp3) is 0.567. The van der Waals surface area contributed by atoms with E-state index < -0.39 is 23.6 Å². The number of carbonyl (C=O) groups excluding carboxylic acids is 1. The fourth-order valence-corrected chi connectivity index (χ4v) is 7.22. The van der Waals surface area contributed by atoms with Crippen LogP contribution in [0.3, 0.4) is 0 Å². The van der Waals surface area contributed by atoms with E-state index in [9.17, 15) is 22.4 Å². The number of amides is 2. The van der Waals surface area contributed by atoms with Gasteiger partial charge in [0.05, 0.1) is 19.8 Å². The van der Waals surface area contributed by atoms with E-state index in [1.54, 1.807) is 14.2 Å². The highest BCUT2D eigenvalue weighted by Gasteiger charge is 2.53. The maximum Gasteiger partial charge on any atom is 0.419 e. The molecular weight excluding hydrogens is 526 g/mol. The van der Waals surface area contributed by atoms with Gasteiger partial charge in [0.1, 0.15) is 5.82 Å². The topological polar surface area (TPSA) is 62.8 Å². The van der Waals surface area contributed by atoms with Gasteiger partial charge in [0.15, 0.2) is 11.5 Å². The average molecular weight is 564 g/mol. The first-order chi connectivity index (χ1) is 19.1. The number of alkyl halides is 3. The molecular formula is C30H37F4N3O3. The molecule has 0 aromatic heterocycles. The predicted molar refractivity (Wildman–Crippen MR) is 144 cm³/mol. The molecule has 2 saturated carbocycles. The van der Waals surface area contributed by atoms with Gasteiger partial charge in [0.25, 0.3) is 0 Å². The zero-order chi connectivity index (χ0) is 28.5. The largest absolute Gasteiger partial charge is 0.493 e. The van der Waals surface area contributed by atoms with E-state index in [2.05, 4.69) is 27.7 Å². The van der Waals surface area contributed by atoms with E-state index in [1.165, 1.54) is 37.7 Å². The highest BCUT2D eigenvalue weighted by molar-refractivity contribution is 5.89. The Morgan fingerprint density at radius 1 is 0.975 bits per heavy atom. The minimum absolute atomic E-state index is 0.0930. The molecule has 2 aromatic rings. The maximum atomic E-state index is 13.7. The molecule has 218 valence electrons. The fourth-order valence-electron chi connectivity index (χ4n) is 7.22. The molecule has 3 atom stereocenters. The minimum atomic E-state index is -4.85. The summed E-state index contributed by atoms with van der Waals surface area (Å²) in [6.07, 6.45) is 4.53. The van der Waals surface area contributed by atoms with Crippen LogP contribution in [0.1, 0.15) is 68.9 Å². The molecule has 3 aliphatic rings. The number of fused-ring (bicyclic) bond motifs is 1. The molecule has 1 heterocycles. The van der Waals surface area contributed by atoms with Crippen molar-refractivity contribution >= 4 is 11.7 Å². The third-order valence-corrected chi connectivity index (χ3v) is 9.17. The molecule has 10 heteroatoms. The number of likely N-dealkylation sites (tertiary alicyclic amines) is 1. The summed E-state index contributed by atoms with van der Waals surface area (Å²) in [5, 5.41) is 5.46. The van der Waals surface area contributed by atoms with Gasteiger partial charge < -0.3 is 20.1 Å². The normalized spacial score (nSPS) is 25.8. The van der Waals surface area contributed by atoms with Crippen molar-refractivity contribution in [3.05, 3.63) is 53.3 Å². The Kier molecular flexibility index (Phi) is 8.17. The predicted octanol–water partition coefficient (Wildman–Crippen LogP) is 6.88. The van der Waals surface area contributed by atoms with Crippen LogP contribution in [0.15, 0.2) is 36.4 Å². The van der Waals surface area contributed by atoms with Crippen LogP contribution in [-0.2, 0) is 11.6 Å². The molecule has 2 amide bonds. The molecule has 2 N–H and O–H groups in total. The summed E-state index contributed by atoms with van der Waals surface area (Å²) in [7, 11) is 3.26. The lowest BCUT2D eigenvalue weighted by atomic mass is 9.64. The van der Waals surface area contributed by atoms with E-state index >= 15 is 0 Å². The molecule has 1 aliphatic heterocycles. The van der Waals surface area contributed by atoms with Crippen molar-refractivity contribution < 1.29 is 31.8 Å². The van der Waals surface area contributed by atoms with Crippen molar-refractivity contribution in [2.75, 3.05) is 26.1 Å². The van der Waals surface area contributed by atoms with Crippen molar-refractivity contribution in [1.82, 2.24) is 10.2 Å². The molecule has 5 rings (SSSR count). The summed E-state index contributed by atoms with van der Waals surface area (Å²) in [4.78, 5) is 15.5. The number of carbonyl (C=O) groups is 1. The van der Waals surface area contributed by atoms with Crippen molar-refractivity contribution in [3.8, 4) is 11.5 Å². The maximum absolute atomic E-state index is 13.7. The van der Waals surface area contributed by atoms with Crippen LogP contribution in [0.2, 0.25) is 0 Å². The van der Waals surface area contributed by atoms with Crippen LogP contribution in [0, 0.1) is 5.82 Å². The second-order valence-electron chi connectivity index (χ2n) is 11.3. The third-order valence-electron chi connectivity index (χ3n) is 9.17. The zero-order valence-electron chi connectivity index (χ0n) is 23.0. The van der Waals surface area contributed by atoms with Crippen LogP contribution in [0.25, 0.3) is 0 Å². The first-order valence-electron chi connectivity index (χ1n) is 14.1. The van der Waals surface area contributed by atoms with Crippen LogP contribution < -0.4 is 20.1 Å². The van der Waals surface area contributed by atoms with Gasteiger partial charge in [-0.3, -0.25) is 4.90 Å². The van der Waals surface area contributed by atoms with Crippen molar-refractivity contribution in [1.29, 1.82) is 0 Å². The number of ether oxygens (including phenoxy) is 2. The Hall–Kier alpha value is -3.01. The van der Waals surface area contributed by atoms with Gasteiger partial charge in [-0.25, -0.2) is 9.18 Å². The minimum Gasteiger partial charge on any atom is -0.493 e. The molecule has 6 nitrogen and oxygen atoms in total. The third kappa shape index (κ3) is 5.60. The number of nitrogens with zero attached hydrogens (tertiary/aromatic N) is 1. The van der Waals surface area contributed by atoms with E-state index in [1.807, 2.05) is 6.07 Å². The smallest absolute Gasteiger partial charge is 0.419 e. The summed E-state index contributed by atoms with van der Waals surface area (Å²) in [5.74, 6) is 0.00509. The number of urea groups is 1. The first-order valence-corrected chi connectivity index (χ1v) is 14.1. The van der Waals surface area contributed by atoms with Crippen molar-refractivity contribution in [2.45, 2.75) is 87.5 Å². The number of anilines is 1. The van der Waals surface area contributed by atoms with Gasteiger partial charge >= 0.3 is 12.2 Å². The monoisotopic (exact) mass is 563 g/mol. The van der Waals surface area contributed by atoms with E-state index in [0.29, 0.717) is 23.6 Å². The molecule has 2 aliphatic carbocycles. The molecule has 0 spiro atoms. The lowest BCUT2D eigenvalue weighted by Crippen LogP contribution is -2.55. The Bertz CT molecular complexity index is 1220. The SMILES string of the molecule is COc1ccc(C23CCC(NC(=O)Nc4ccc(F)c(C(F)(F)F)c4)CC2N(C2CCCCC2)CC3)cc1OC. The van der Waals surface area contributed by atoms with Gasteiger partial charge in [-0.2, -0.15) is 13.2 Å². The Morgan fingerprint density at radius 2 is 1.73 bits per heavy atom. The highest BCUT2D eigenvalue weighted by Crippen LogP contribution is 2.51. The van der Waals surface area contributed by atoms with Crippen molar-refractivity contribution in [2.24, 2.45) is 0 Å². The average Bonchev–Trinajstić information content (AvgIpc) is 3.33. The van der Waals surface area contributed by atoms with Gasteiger partial charge in [-0.1, -0.05) is 25.3 Å². The summed E-state index contributed by atoms with van der Waals surface area (Å²) < 4.78 is 64.2. The Labute approximate surface area is 232 Å². The lowest BCUT2D eigenvalue weighted by molar-refractivity contribution is -0.139. The summed E-state index contributed by atoms with van der Waals surface area (Å²) in [5.41, 5.74) is -0.393. The van der Waals surface area contributed by atoms with E-state index in [0.717, 1.165) is 44.4 Å². The van der Waals surface area contributed by atoms with Gasteiger partial charge in [0, 0.05) is 29.2 Å². The quantitative estimate of drug-likeness (QED) is 0.376. The lowest BCUT2D eigenvalue weighted by Gasteiger charge is -2.47. The Balaban J connectivity index is 1.35.